The summed E-state index contributed by atoms with van der Waals surface area (Å²) < 4.78 is 8.05. The molecule has 1 spiro atoms. The molecule has 2 fully saturated rings. The maximum Gasteiger partial charge on any atom is 0.274 e. The number of hydrogen-bond acceptors (Lipinski definition) is 6. The van der Waals surface area contributed by atoms with Crippen molar-refractivity contribution in [3.05, 3.63) is 23.5 Å². The van der Waals surface area contributed by atoms with Crippen LogP contribution in [0.15, 0.2) is 17.8 Å². The molecule has 28 heavy (non-hydrogen) atoms. The van der Waals surface area contributed by atoms with Crippen molar-refractivity contribution < 1.29 is 14.3 Å². The van der Waals surface area contributed by atoms with Crippen molar-refractivity contribution in [3.8, 4) is 0 Å². The number of imidazole rings is 1. The highest BCUT2D eigenvalue weighted by Crippen LogP contribution is 2.32. The normalized spacial score (nSPS) is 20.3. The average molecular weight is 406 g/mol. The standard InChI is InChI=1S/C19H27N5O3S/c1-21(2)7-8-22-9-11-27-19(13-16(22)25)3-5-23(6-4-19)17(26)15-14-24-10-12-28-18(24)20-15/h10,12,14H,3-9,11,13H2,1-2H3. The number of rotatable bonds is 4. The van der Waals surface area contributed by atoms with Gasteiger partial charge in [-0.05, 0) is 26.9 Å². The van der Waals surface area contributed by atoms with Crippen LogP contribution in [0.1, 0.15) is 29.8 Å². The van der Waals surface area contributed by atoms with E-state index in [2.05, 4.69) is 9.88 Å². The molecule has 0 aliphatic carbocycles. The lowest BCUT2D eigenvalue weighted by molar-refractivity contribution is -0.135. The Morgan fingerprint density at radius 1 is 1.32 bits per heavy atom. The Morgan fingerprint density at radius 3 is 2.82 bits per heavy atom. The third-order valence-electron chi connectivity index (χ3n) is 5.69. The molecular weight excluding hydrogens is 378 g/mol. The van der Waals surface area contributed by atoms with Crippen molar-refractivity contribution in [2.75, 3.05) is 53.4 Å². The van der Waals surface area contributed by atoms with E-state index < -0.39 is 5.60 Å². The molecule has 9 heteroatoms. The van der Waals surface area contributed by atoms with Crippen LogP contribution in [0.3, 0.4) is 0 Å². The Kier molecular flexibility index (Phi) is 5.39. The maximum absolute atomic E-state index is 12.8. The van der Waals surface area contributed by atoms with Gasteiger partial charge in [-0.25, -0.2) is 4.98 Å². The van der Waals surface area contributed by atoms with E-state index in [9.17, 15) is 9.59 Å². The molecule has 4 rings (SSSR count). The van der Waals surface area contributed by atoms with Gasteiger partial charge in [0.25, 0.3) is 5.91 Å². The lowest BCUT2D eigenvalue weighted by atomic mass is 9.87. The van der Waals surface area contributed by atoms with Crippen LogP contribution in [-0.4, -0.2) is 94.9 Å². The SMILES string of the molecule is CN(C)CCN1CCOC2(CCN(C(=O)c3cn4ccsc4n3)CC2)CC1=O. The smallest absolute Gasteiger partial charge is 0.274 e. The maximum atomic E-state index is 12.8. The molecule has 0 atom stereocenters. The summed E-state index contributed by atoms with van der Waals surface area (Å²) >= 11 is 1.51. The molecule has 2 aromatic heterocycles. The fourth-order valence-electron chi connectivity index (χ4n) is 3.92. The Morgan fingerprint density at radius 2 is 2.11 bits per heavy atom. The molecule has 0 bridgehead atoms. The van der Waals surface area contributed by atoms with Gasteiger partial charge in [-0.15, -0.1) is 11.3 Å². The van der Waals surface area contributed by atoms with Crippen LogP contribution in [0.2, 0.25) is 0 Å². The van der Waals surface area contributed by atoms with Crippen LogP contribution in [0, 0.1) is 0 Å². The average Bonchev–Trinajstić information content (AvgIpc) is 3.22. The molecule has 0 aromatic carbocycles. The van der Waals surface area contributed by atoms with Gasteiger partial charge in [-0.1, -0.05) is 0 Å². The quantitative estimate of drug-likeness (QED) is 0.764. The molecule has 8 nitrogen and oxygen atoms in total. The molecule has 0 saturated carbocycles. The van der Waals surface area contributed by atoms with Crippen molar-refractivity contribution in [3.63, 3.8) is 0 Å². The van der Waals surface area contributed by atoms with Gasteiger partial charge in [0.1, 0.15) is 5.69 Å². The summed E-state index contributed by atoms with van der Waals surface area (Å²) in [4.78, 5) is 36.6. The van der Waals surface area contributed by atoms with Crippen molar-refractivity contribution in [2.45, 2.75) is 24.9 Å². The number of carbonyl (C=O) groups is 2. The van der Waals surface area contributed by atoms with Gasteiger partial charge in [-0.2, -0.15) is 0 Å². The van der Waals surface area contributed by atoms with Gasteiger partial charge in [-0.3, -0.25) is 14.0 Å². The minimum absolute atomic E-state index is 0.0432. The van der Waals surface area contributed by atoms with Gasteiger partial charge in [0.05, 0.1) is 18.6 Å². The first kappa shape index (κ1) is 19.4. The van der Waals surface area contributed by atoms with Crippen LogP contribution >= 0.6 is 11.3 Å². The third-order valence-corrected chi connectivity index (χ3v) is 6.46. The Labute approximate surface area is 168 Å². The fourth-order valence-corrected chi connectivity index (χ4v) is 4.62. The Bertz CT molecular complexity index is 824. The number of piperidine rings is 1. The highest BCUT2D eigenvalue weighted by Gasteiger charge is 2.41. The zero-order chi connectivity index (χ0) is 19.7. The lowest BCUT2D eigenvalue weighted by Crippen LogP contribution is -2.49. The van der Waals surface area contributed by atoms with E-state index in [0.29, 0.717) is 51.2 Å². The third kappa shape index (κ3) is 3.92. The molecule has 0 radical (unpaired) electrons. The molecular formula is C19H27N5O3S. The predicted molar refractivity (Wildman–Crippen MR) is 107 cm³/mol. The van der Waals surface area contributed by atoms with E-state index in [4.69, 9.17) is 4.74 Å². The molecule has 2 aromatic rings. The number of hydrogen-bond donors (Lipinski definition) is 0. The minimum atomic E-state index is -0.435. The highest BCUT2D eigenvalue weighted by molar-refractivity contribution is 7.15. The summed E-state index contributed by atoms with van der Waals surface area (Å²) in [6, 6.07) is 0. The van der Waals surface area contributed by atoms with E-state index in [-0.39, 0.29) is 11.8 Å². The van der Waals surface area contributed by atoms with Crippen LogP contribution in [-0.2, 0) is 9.53 Å². The summed E-state index contributed by atoms with van der Waals surface area (Å²) in [5.41, 5.74) is 0.0467. The Hall–Kier alpha value is -1.97. The van der Waals surface area contributed by atoms with Crippen LogP contribution in [0.4, 0.5) is 0 Å². The first-order valence-electron chi connectivity index (χ1n) is 9.74. The van der Waals surface area contributed by atoms with Crippen molar-refractivity contribution in [1.82, 2.24) is 24.1 Å². The molecule has 0 N–H and O–H groups in total. The van der Waals surface area contributed by atoms with Gasteiger partial charge in [0.15, 0.2) is 4.96 Å². The molecule has 2 aliphatic heterocycles. The fraction of sp³-hybridized carbons (Fsp3) is 0.632. The molecule has 2 aliphatic rings. The van der Waals surface area contributed by atoms with Crippen molar-refractivity contribution >= 4 is 28.1 Å². The number of likely N-dealkylation sites (tertiary alicyclic amines) is 1. The molecule has 4 heterocycles. The number of likely N-dealkylation sites (N-methyl/N-ethyl adjacent to an activating group) is 1. The van der Waals surface area contributed by atoms with E-state index in [1.54, 1.807) is 6.20 Å². The first-order chi connectivity index (χ1) is 13.5. The summed E-state index contributed by atoms with van der Waals surface area (Å²) in [5, 5.41) is 1.95. The number of thiazole rings is 1. The summed E-state index contributed by atoms with van der Waals surface area (Å²) in [5.74, 6) is 0.117. The van der Waals surface area contributed by atoms with Crippen LogP contribution in [0.5, 0.6) is 0 Å². The number of carbonyl (C=O) groups excluding carboxylic acids is 2. The second-order valence-electron chi connectivity index (χ2n) is 7.90. The second-order valence-corrected chi connectivity index (χ2v) is 8.78. The number of fused-ring (bicyclic) bond motifs is 1. The van der Waals surface area contributed by atoms with Crippen molar-refractivity contribution in [1.29, 1.82) is 0 Å². The van der Waals surface area contributed by atoms with Gasteiger partial charge >= 0.3 is 0 Å². The van der Waals surface area contributed by atoms with Crippen LogP contribution < -0.4 is 0 Å². The van der Waals surface area contributed by atoms with Gasteiger partial charge in [0.2, 0.25) is 5.91 Å². The summed E-state index contributed by atoms with van der Waals surface area (Å²) in [6.07, 6.45) is 5.47. The zero-order valence-corrected chi connectivity index (χ0v) is 17.3. The van der Waals surface area contributed by atoms with E-state index in [1.165, 1.54) is 11.3 Å². The second kappa shape index (κ2) is 7.81. The van der Waals surface area contributed by atoms with Crippen LogP contribution in [0.25, 0.3) is 4.96 Å². The summed E-state index contributed by atoms with van der Waals surface area (Å²) in [7, 11) is 4.02. The van der Waals surface area contributed by atoms with Crippen molar-refractivity contribution in [2.24, 2.45) is 0 Å². The molecule has 152 valence electrons. The van der Waals surface area contributed by atoms with E-state index >= 15 is 0 Å². The lowest BCUT2D eigenvalue weighted by Gasteiger charge is -2.40. The summed E-state index contributed by atoms with van der Waals surface area (Å²) in [6.45, 7) is 3.97. The first-order valence-corrected chi connectivity index (χ1v) is 10.6. The minimum Gasteiger partial charge on any atom is -0.372 e. The monoisotopic (exact) mass is 405 g/mol. The van der Waals surface area contributed by atoms with E-state index in [0.717, 1.165) is 18.1 Å². The predicted octanol–water partition coefficient (Wildman–Crippen LogP) is 1.18. The van der Waals surface area contributed by atoms with Gasteiger partial charge in [0, 0.05) is 50.5 Å². The zero-order valence-electron chi connectivity index (χ0n) is 16.5. The molecule has 2 saturated heterocycles. The highest BCUT2D eigenvalue weighted by atomic mass is 32.1. The number of amides is 2. The topological polar surface area (TPSA) is 70.4 Å². The van der Waals surface area contributed by atoms with E-state index in [1.807, 2.05) is 39.9 Å². The number of ether oxygens (including phenoxy) is 1. The van der Waals surface area contributed by atoms with Gasteiger partial charge < -0.3 is 19.4 Å². The number of nitrogens with zero attached hydrogens (tertiary/aromatic N) is 5. The molecule has 0 unspecified atom stereocenters. The molecule has 2 amide bonds. The largest absolute Gasteiger partial charge is 0.372 e. The Balaban J connectivity index is 1.36. The number of aromatic nitrogens is 2.